The maximum Gasteiger partial charge on any atom is 0.416 e. The number of alkyl halides is 3. The molecule has 8 heteroatoms. The molecule has 0 atom stereocenters. The van der Waals surface area contributed by atoms with Crippen molar-refractivity contribution in [2.75, 3.05) is 13.1 Å². The Morgan fingerprint density at radius 1 is 1.00 bits per heavy atom. The molecule has 0 aliphatic rings. The monoisotopic (exact) mass is 431 g/mol. The zero-order valence-electron chi connectivity index (χ0n) is 17.1. The summed E-state index contributed by atoms with van der Waals surface area (Å²) < 4.78 is 38.1. The SMILES string of the molecule is CCCCN(CCc1nc(-c2ccc(-c3ccc(C(F)(F)F)cc3)cc2)c[nH]1)C(=O)O. The first kappa shape index (κ1) is 22.4. The quantitative estimate of drug-likeness (QED) is 0.454. The van der Waals surface area contributed by atoms with Gasteiger partial charge in [0.2, 0.25) is 0 Å². The maximum absolute atomic E-state index is 12.7. The van der Waals surface area contributed by atoms with Gasteiger partial charge in [-0.2, -0.15) is 13.2 Å². The highest BCUT2D eigenvalue weighted by Gasteiger charge is 2.29. The Balaban J connectivity index is 1.65. The molecule has 164 valence electrons. The molecule has 0 fully saturated rings. The van der Waals surface area contributed by atoms with E-state index in [1.165, 1.54) is 17.0 Å². The summed E-state index contributed by atoms with van der Waals surface area (Å²) in [5.74, 6) is 0.699. The van der Waals surface area contributed by atoms with E-state index in [9.17, 15) is 23.1 Å². The Hall–Kier alpha value is -3.29. The Kier molecular flexibility index (Phi) is 6.99. The normalized spacial score (nSPS) is 11.5. The fourth-order valence-electron chi connectivity index (χ4n) is 3.22. The number of carbonyl (C=O) groups is 1. The van der Waals surface area contributed by atoms with Crippen LogP contribution in [0, 0.1) is 0 Å². The van der Waals surface area contributed by atoms with Gasteiger partial charge in [-0.25, -0.2) is 9.78 Å². The molecular formula is C23H24F3N3O2. The molecule has 0 saturated carbocycles. The largest absolute Gasteiger partial charge is 0.465 e. The second kappa shape index (κ2) is 9.68. The van der Waals surface area contributed by atoms with Crippen molar-refractivity contribution in [1.82, 2.24) is 14.9 Å². The smallest absolute Gasteiger partial charge is 0.416 e. The number of aromatic amines is 1. The number of amides is 1. The predicted octanol–water partition coefficient (Wildman–Crippen LogP) is 6.09. The lowest BCUT2D eigenvalue weighted by atomic mass is 10.0. The number of aromatic nitrogens is 2. The van der Waals surface area contributed by atoms with Crippen molar-refractivity contribution < 1.29 is 23.1 Å². The van der Waals surface area contributed by atoms with Crippen LogP contribution in [-0.4, -0.2) is 39.2 Å². The van der Waals surface area contributed by atoms with E-state index < -0.39 is 17.8 Å². The van der Waals surface area contributed by atoms with Crippen molar-refractivity contribution in [3.63, 3.8) is 0 Å². The van der Waals surface area contributed by atoms with Gasteiger partial charge in [-0.05, 0) is 29.7 Å². The lowest BCUT2D eigenvalue weighted by Crippen LogP contribution is -2.32. The van der Waals surface area contributed by atoms with Gasteiger partial charge in [0.15, 0.2) is 0 Å². The molecule has 1 heterocycles. The van der Waals surface area contributed by atoms with Crippen molar-refractivity contribution >= 4 is 6.09 Å². The summed E-state index contributed by atoms with van der Waals surface area (Å²) in [6.07, 6.45) is -1.28. The number of hydrogen-bond acceptors (Lipinski definition) is 2. The van der Waals surface area contributed by atoms with E-state index in [1.807, 2.05) is 31.2 Å². The number of benzene rings is 2. The zero-order valence-corrected chi connectivity index (χ0v) is 17.1. The van der Waals surface area contributed by atoms with Crippen LogP contribution < -0.4 is 0 Å². The van der Waals surface area contributed by atoms with Crippen molar-refractivity contribution in [3.8, 4) is 22.4 Å². The second-order valence-corrected chi connectivity index (χ2v) is 7.26. The van der Waals surface area contributed by atoms with Gasteiger partial charge < -0.3 is 15.0 Å². The second-order valence-electron chi connectivity index (χ2n) is 7.26. The minimum atomic E-state index is -4.35. The Morgan fingerprint density at radius 2 is 1.58 bits per heavy atom. The molecule has 0 aliphatic carbocycles. The molecule has 31 heavy (non-hydrogen) atoms. The highest BCUT2D eigenvalue weighted by Crippen LogP contribution is 2.31. The molecule has 0 spiro atoms. The molecule has 1 aromatic heterocycles. The number of imidazole rings is 1. The molecular weight excluding hydrogens is 407 g/mol. The third kappa shape index (κ3) is 5.87. The van der Waals surface area contributed by atoms with Crippen LogP contribution in [0.15, 0.2) is 54.7 Å². The first-order valence-corrected chi connectivity index (χ1v) is 10.1. The van der Waals surface area contributed by atoms with Gasteiger partial charge in [-0.1, -0.05) is 49.7 Å². The first-order chi connectivity index (χ1) is 14.8. The Labute approximate surface area is 178 Å². The van der Waals surface area contributed by atoms with Crippen LogP contribution in [0.1, 0.15) is 31.2 Å². The Morgan fingerprint density at radius 3 is 2.13 bits per heavy atom. The van der Waals surface area contributed by atoms with Crippen LogP contribution in [0.25, 0.3) is 22.4 Å². The molecule has 2 aromatic carbocycles. The third-order valence-corrected chi connectivity index (χ3v) is 5.03. The van der Waals surface area contributed by atoms with Gasteiger partial charge in [0, 0.05) is 31.3 Å². The van der Waals surface area contributed by atoms with Crippen LogP contribution in [0.5, 0.6) is 0 Å². The van der Waals surface area contributed by atoms with Crippen LogP contribution >= 0.6 is 0 Å². The first-order valence-electron chi connectivity index (χ1n) is 10.1. The zero-order chi connectivity index (χ0) is 22.4. The van der Waals surface area contributed by atoms with Crippen molar-refractivity contribution in [1.29, 1.82) is 0 Å². The van der Waals surface area contributed by atoms with Crippen LogP contribution in [-0.2, 0) is 12.6 Å². The summed E-state index contributed by atoms with van der Waals surface area (Å²) in [5.41, 5.74) is 2.42. The average Bonchev–Trinajstić information content (AvgIpc) is 3.22. The van der Waals surface area contributed by atoms with Crippen LogP contribution in [0.2, 0.25) is 0 Å². The minimum absolute atomic E-state index is 0.370. The van der Waals surface area contributed by atoms with Gasteiger partial charge in [-0.3, -0.25) is 0 Å². The topological polar surface area (TPSA) is 69.2 Å². The van der Waals surface area contributed by atoms with Crippen molar-refractivity contribution in [2.24, 2.45) is 0 Å². The number of unbranched alkanes of at least 4 members (excludes halogenated alkanes) is 1. The van der Waals surface area contributed by atoms with E-state index in [1.54, 1.807) is 6.20 Å². The van der Waals surface area contributed by atoms with Crippen molar-refractivity contribution in [2.45, 2.75) is 32.4 Å². The molecule has 1 amide bonds. The summed E-state index contributed by atoms with van der Waals surface area (Å²) in [6, 6.07) is 12.4. The van der Waals surface area contributed by atoms with Crippen LogP contribution in [0.3, 0.4) is 0 Å². The van der Waals surface area contributed by atoms with E-state index in [0.29, 0.717) is 30.9 Å². The fraction of sp³-hybridized carbons (Fsp3) is 0.304. The lowest BCUT2D eigenvalue weighted by Gasteiger charge is -2.17. The van der Waals surface area contributed by atoms with E-state index >= 15 is 0 Å². The summed E-state index contributed by atoms with van der Waals surface area (Å²) in [5, 5.41) is 9.28. The standard InChI is InChI=1S/C23H24F3N3O2/c1-2-3-13-29(22(30)31)14-12-21-27-15-20(28-21)18-6-4-16(5-7-18)17-8-10-19(11-9-17)23(24,25)26/h4-11,15H,2-3,12-14H2,1H3,(H,27,28)(H,30,31). The summed E-state index contributed by atoms with van der Waals surface area (Å²) >= 11 is 0. The molecule has 0 saturated heterocycles. The van der Waals surface area contributed by atoms with Gasteiger partial charge in [0.25, 0.3) is 0 Å². The Bertz CT molecular complexity index is 996. The number of rotatable bonds is 8. The molecule has 3 rings (SSSR count). The van der Waals surface area contributed by atoms with Gasteiger partial charge in [0.1, 0.15) is 5.82 Å². The van der Waals surface area contributed by atoms with Gasteiger partial charge in [-0.15, -0.1) is 0 Å². The highest BCUT2D eigenvalue weighted by molar-refractivity contribution is 5.69. The highest BCUT2D eigenvalue weighted by atomic mass is 19.4. The van der Waals surface area contributed by atoms with Gasteiger partial charge >= 0.3 is 12.3 Å². The number of nitrogens with one attached hydrogen (secondary N) is 1. The maximum atomic E-state index is 12.7. The average molecular weight is 431 g/mol. The fourth-order valence-corrected chi connectivity index (χ4v) is 3.22. The molecule has 3 aromatic rings. The lowest BCUT2D eigenvalue weighted by molar-refractivity contribution is -0.137. The number of H-pyrrole nitrogens is 1. The third-order valence-electron chi connectivity index (χ3n) is 5.03. The number of nitrogens with zero attached hydrogens (tertiary/aromatic N) is 2. The minimum Gasteiger partial charge on any atom is -0.465 e. The molecule has 2 N–H and O–H groups in total. The molecule has 0 aliphatic heterocycles. The number of hydrogen-bond donors (Lipinski definition) is 2. The van der Waals surface area contributed by atoms with E-state index in [0.717, 1.165) is 41.8 Å². The van der Waals surface area contributed by atoms with E-state index in [-0.39, 0.29) is 0 Å². The van der Waals surface area contributed by atoms with E-state index in [2.05, 4.69) is 9.97 Å². The molecule has 5 nitrogen and oxygen atoms in total. The van der Waals surface area contributed by atoms with Crippen LogP contribution in [0.4, 0.5) is 18.0 Å². The molecule has 0 radical (unpaired) electrons. The van der Waals surface area contributed by atoms with Crippen molar-refractivity contribution in [3.05, 3.63) is 66.1 Å². The molecule has 0 bridgehead atoms. The summed E-state index contributed by atoms with van der Waals surface area (Å²) in [6.45, 7) is 2.89. The van der Waals surface area contributed by atoms with Gasteiger partial charge in [0.05, 0.1) is 11.3 Å². The number of halogens is 3. The van der Waals surface area contributed by atoms with E-state index in [4.69, 9.17) is 0 Å². The molecule has 0 unspecified atom stereocenters. The predicted molar refractivity (Wildman–Crippen MR) is 113 cm³/mol. The number of carboxylic acid groups (broad SMARTS) is 1. The summed E-state index contributed by atoms with van der Waals surface area (Å²) in [7, 11) is 0. The summed E-state index contributed by atoms with van der Waals surface area (Å²) in [4.78, 5) is 20.3.